The quantitative estimate of drug-likeness (QED) is 0.271. The maximum atomic E-state index is 14.1. The summed E-state index contributed by atoms with van der Waals surface area (Å²) >= 11 is 6.75. The molecule has 1 aromatic carbocycles. The molecule has 3 aliphatic rings. The second-order valence-corrected chi connectivity index (χ2v) is 15.3. The molecule has 1 aromatic rings. The molecule has 282 valence electrons. The zero-order valence-electron chi connectivity index (χ0n) is 31.4. The van der Waals surface area contributed by atoms with E-state index in [2.05, 4.69) is 5.32 Å². The first kappa shape index (κ1) is 40.2. The van der Waals surface area contributed by atoms with Gasteiger partial charge in [-0.1, -0.05) is 63.1 Å². The van der Waals surface area contributed by atoms with Crippen LogP contribution in [0.4, 0.5) is 10.5 Å². The summed E-state index contributed by atoms with van der Waals surface area (Å²) in [5, 5.41) is 14.5. The molecule has 8 unspecified atom stereocenters. The van der Waals surface area contributed by atoms with Crippen molar-refractivity contribution in [1.82, 2.24) is 10.2 Å². The summed E-state index contributed by atoms with van der Waals surface area (Å²) in [5.41, 5.74) is -0.536. The number of allylic oxidation sites excluding steroid dienone is 3. The SMILES string of the molecule is COc1cc2cc(c1Cl)N(C)C(=O)CC(OC(=O)C(C)N(C)C(=O)CCC(C)C)C1(C)OC1C(C)C1CC(O)(NC(=O)O1)C(C)/C=C/C=C(\C)C2. The maximum absolute atomic E-state index is 14.1. The molecule has 4 bridgehead atoms. The van der Waals surface area contributed by atoms with Crippen LogP contribution in [0.25, 0.3) is 0 Å². The molecule has 2 saturated heterocycles. The largest absolute Gasteiger partial charge is 0.495 e. The van der Waals surface area contributed by atoms with Gasteiger partial charge in [0.2, 0.25) is 11.8 Å². The lowest BCUT2D eigenvalue weighted by molar-refractivity contribution is -0.162. The molecular formula is C38H54ClN3O9. The van der Waals surface area contributed by atoms with Crippen LogP contribution in [0.5, 0.6) is 5.75 Å². The number of likely N-dealkylation sites (N-methyl/N-ethyl adjacent to an activating group) is 1. The third-order valence-electron chi connectivity index (χ3n) is 10.6. The number of halogens is 1. The zero-order valence-corrected chi connectivity index (χ0v) is 32.2. The van der Waals surface area contributed by atoms with Gasteiger partial charge in [-0.15, -0.1) is 0 Å². The number of epoxide rings is 1. The lowest BCUT2D eigenvalue weighted by Crippen LogP contribution is -2.60. The number of nitrogens with zero attached hydrogens (tertiary/aromatic N) is 2. The topological polar surface area (TPSA) is 147 Å². The molecular weight excluding hydrogens is 678 g/mol. The molecule has 2 N–H and O–H groups in total. The highest BCUT2D eigenvalue weighted by molar-refractivity contribution is 6.35. The molecule has 3 aliphatic heterocycles. The van der Waals surface area contributed by atoms with E-state index in [0.29, 0.717) is 30.2 Å². The van der Waals surface area contributed by atoms with Gasteiger partial charge >= 0.3 is 12.1 Å². The predicted molar refractivity (Wildman–Crippen MR) is 193 cm³/mol. The Bertz CT molecular complexity index is 1560. The number of ether oxygens (including phenoxy) is 4. The van der Waals surface area contributed by atoms with Crippen LogP contribution in [0, 0.1) is 17.8 Å². The molecule has 4 rings (SSSR count). The van der Waals surface area contributed by atoms with Crippen LogP contribution in [0.1, 0.15) is 79.7 Å². The summed E-state index contributed by atoms with van der Waals surface area (Å²) in [6.07, 6.45) is 3.62. The summed E-state index contributed by atoms with van der Waals surface area (Å²) in [7, 11) is 4.65. The van der Waals surface area contributed by atoms with E-state index in [1.54, 1.807) is 27.9 Å². The summed E-state index contributed by atoms with van der Waals surface area (Å²) < 4.78 is 23.6. The fraction of sp³-hybridized carbons (Fsp3) is 0.632. The van der Waals surface area contributed by atoms with Gasteiger partial charge in [0.1, 0.15) is 40.3 Å². The Morgan fingerprint density at radius 1 is 1.22 bits per heavy atom. The smallest absolute Gasteiger partial charge is 0.409 e. The van der Waals surface area contributed by atoms with Crippen LogP contribution < -0.4 is 15.0 Å². The van der Waals surface area contributed by atoms with E-state index < -0.39 is 65.5 Å². The molecule has 13 heteroatoms. The Hall–Kier alpha value is -3.61. The first-order valence-corrected chi connectivity index (χ1v) is 18.0. The Morgan fingerprint density at radius 2 is 1.90 bits per heavy atom. The maximum Gasteiger partial charge on any atom is 0.409 e. The highest BCUT2D eigenvalue weighted by Crippen LogP contribution is 2.49. The van der Waals surface area contributed by atoms with Crippen molar-refractivity contribution < 1.29 is 43.2 Å². The van der Waals surface area contributed by atoms with E-state index in [0.717, 1.165) is 11.1 Å². The van der Waals surface area contributed by atoms with Crippen LogP contribution in [-0.2, 0) is 35.0 Å². The number of aliphatic hydroxyl groups is 1. The first-order chi connectivity index (χ1) is 23.8. The molecule has 0 saturated carbocycles. The number of methoxy groups -OCH3 is 1. The second kappa shape index (κ2) is 16.0. The third kappa shape index (κ3) is 9.07. The first-order valence-electron chi connectivity index (χ1n) is 17.6. The average molecular weight is 732 g/mol. The van der Waals surface area contributed by atoms with E-state index in [-0.39, 0.29) is 30.2 Å². The van der Waals surface area contributed by atoms with Crippen LogP contribution in [0.2, 0.25) is 5.02 Å². The van der Waals surface area contributed by atoms with E-state index in [9.17, 15) is 24.3 Å². The number of carbonyl (C=O) groups is 4. The van der Waals surface area contributed by atoms with Crippen molar-refractivity contribution in [3.8, 4) is 5.75 Å². The number of alkyl carbamates (subject to hydrolysis) is 1. The van der Waals surface area contributed by atoms with Gasteiger partial charge < -0.3 is 33.9 Å². The van der Waals surface area contributed by atoms with Crippen LogP contribution in [0.3, 0.4) is 0 Å². The summed E-state index contributed by atoms with van der Waals surface area (Å²) in [4.78, 5) is 56.2. The van der Waals surface area contributed by atoms with E-state index in [1.165, 1.54) is 16.9 Å². The monoisotopic (exact) mass is 731 g/mol. The molecule has 51 heavy (non-hydrogen) atoms. The van der Waals surface area contributed by atoms with Crippen molar-refractivity contribution in [2.75, 3.05) is 26.1 Å². The van der Waals surface area contributed by atoms with Crippen LogP contribution >= 0.6 is 11.6 Å². The molecule has 3 heterocycles. The predicted octanol–water partition coefficient (Wildman–Crippen LogP) is 5.57. The number of benzene rings is 1. The molecule has 2 fully saturated rings. The molecule has 0 aromatic heterocycles. The lowest BCUT2D eigenvalue weighted by atomic mass is 9.82. The molecule has 0 aliphatic carbocycles. The van der Waals surface area contributed by atoms with E-state index >= 15 is 0 Å². The van der Waals surface area contributed by atoms with Crippen molar-refractivity contribution in [1.29, 1.82) is 0 Å². The number of hydrogen-bond acceptors (Lipinski definition) is 9. The standard InChI is InChI=1S/C38H54ClN3O9/c1-21(2)14-15-31(43)41(8)25(6)35(45)50-30-19-32(44)42(9)27-17-26(18-28(48-10)33(27)39)16-22(3)12-11-13-23(4)38(47)20-29(49-36(46)40-38)24(5)34-37(30,7)51-34/h11-13,17-18,21,23-25,29-30,34,47H,14-16,19-20H2,1-10H3,(H,40,46)/b13-11+,22-12+. The zero-order chi connectivity index (χ0) is 38.0. The summed E-state index contributed by atoms with van der Waals surface area (Å²) in [6, 6.07) is 2.70. The van der Waals surface area contributed by atoms with Crippen molar-refractivity contribution in [3.63, 3.8) is 0 Å². The van der Waals surface area contributed by atoms with Crippen LogP contribution in [0.15, 0.2) is 35.9 Å². The molecule has 3 amide bonds. The number of hydrogen-bond donors (Lipinski definition) is 2. The number of amides is 3. The number of carbonyl (C=O) groups excluding carboxylic acids is 4. The van der Waals surface area contributed by atoms with Gasteiger partial charge in [-0.3, -0.25) is 14.9 Å². The molecule has 8 atom stereocenters. The Labute approximate surface area is 306 Å². The van der Waals surface area contributed by atoms with Crippen molar-refractivity contribution in [2.45, 2.75) is 116 Å². The van der Waals surface area contributed by atoms with Gasteiger partial charge in [0.05, 0.1) is 25.3 Å². The van der Waals surface area contributed by atoms with E-state index in [1.807, 2.05) is 65.0 Å². The van der Waals surface area contributed by atoms with Crippen LogP contribution in [-0.4, -0.2) is 90.8 Å². The number of nitrogens with one attached hydrogen (secondary N) is 1. The molecule has 12 nitrogen and oxygen atoms in total. The number of esters is 1. The van der Waals surface area contributed by atoms with Gasteiger partial charge in [-0.05, 0) is 57.2 Å². The van der Waals surface area contributed by atoms with Crippen molar-refractivity contribution >= 4 is 41.2 Å². The highest BCUT2D eigenvalue weighted by atomic mass is 35.5. The third-order valence-corrected chi connectivity index (χ3v) is 11.0. The fourth-order valence-electron chi connectivity index (χ4n) is 6.71. The number of rotatable bonds is 7. The lowest BCUT2D eigenvalue weighted by Gasteiger charge is -2.41. The Balaban J connectivity index is 1.73. The van der Waals surface area contributed by atoms with Gasteiger partial charge in [0, 0.05) is 38.8 Å². The van der Waals surface area contributed by atoms with Gasteiger partial charge in [0.25, 0.3) is 0 Å². The normalized spacial score (nSPS) is 32.1. The summed E-state index contributed by atoms with van der Waals surface area (Å²) in [5.74, 6) is -1.52. The highest BCUT2D eigenvalue weighted by Gasteiger charge is 2.64. The Morgan fingerprint density at radius 3 is 2.55 bits per heavy atom. The van der Waals surface area contributed by atoms with Gasteiger partial charge in [0.15, 0.2) is 0 Å². The Kier molecular flexibility index (Phi) is 12.6. The average Bonchev–Trinajstić information content (AvgIpc) is 3.77. The fourth-order valence-corrected chi connectivity index (χ4v) is 7.02. The molecule has 0 radical (unpaired) electrons. The van der Waals surface area contributed by atoms with E-state index in [4.69, 9.17) is 30.5 Å². The number of fused-ring (bicyclic) bond motifs is 5. The summed E-state index contributed by atoms with van der Waals surface area (Å²) in [6.45, 7) is 13.0. The van der Waals surface area contributed by atoms with Gasteiger partial charge in [-0.2, -0.15) is 0 Å². The molecule has 0 spiro atoms. The van der Waals surface area contributed by atoms with Gasteiger partial charge in [-0.25, -0.2) is 9.59 Å². The minimum absolute atomic E-state index is 0.0701. The van der Waals surface area contributed by atoms with Crippen molar-refractivity contribution in [2.24, 2.45) is 17.8 Å². The second-order valence-electron chi connectivity index (χ2n) is 15.0. The van der Waals surface area contributed by atoms with Crippen molar-refractivity contribution in [3.05, 3.63) is 46.5 Å². The minimum atomic E-state index is -1.61. The number of anilines is 1. The minimum Gasteiger partial charge on any atom is -0.495 e.